The minimum absolute atomic E-state index is 0.0943. The Morgan fingerprint density at radius 1 is 1.19 bits per heavy atom. The van der Waals surface area contributed by atoms with Crippen molar-refractivity contribution in [3.8, 4) is 0 Å². The van der Waals surface area contributed by atoms with E-state index in [1.54, 1.807) is 0 Å². The number of carboxylic acid groups (broad SMARTS) is 1. The van der Waals surface area contributed by atoms with Crippen molar-refractivity contribution in [1.82, 2.24) is 20.4 Å². The van der Waals surface area contributed by atoms with Crippen LogP contribution in [0.1, 0.15) is 30.4 Å². The highest BCUT2D eigenvalue weighted by Gasteiger charge is 2.46. The zero-order chi connectivity index (χ0) is 22.5. The number of fused-ring (bicyclic) bond motifs is 2. The Morgan fingerprint density at radius 2 is 1.90 bits per heavy atom. The number of benzene rings is 1. The third-order valence-corrected chi connectivity index (χ3v) is 5.44. The van der Waals surface area contributed by atoms with E-state index < -0.39 is 36.0 Å². The van der Waals surface area contributed by atoms with Crippen LogP contribution >= 0.6 is 0 Å². The zero-order valence-electron chi connectivity index (χ0n) is 16.9. The summed E-state index contributed by atoms with van der Waals surface area (Å²) in [7, 11) is 0. The molecule has 2 atom stereocenters. The first-order valence-corrected chi connectivity index (χ1v) is 10.0. The predicted molar refractivity (Wildman–Crippen MR) is 108 cm³/mol. The van der Waals surface area contributed by atoms with Crippen LogP contribution in [0.4, 0.5) is 9.59 Å². The largest absolute Gasteiger partial charge is 0.480 e. The van der Waals surface area contributed by atoms with Crippen molar-refractivity contribution in [3.63, 3.8) is 0 Å². The summed E-state index contributed by atoms with van der Waals surface area (Å²) in [6.07, 6.45) is 0.635. The lowest BCUT2D eigenvalue weighted by Crippen LogP contribution is -2.43. The Hall–Kier alpha value is -3.63. The number of hydrogen-bond acceptors (Lipinski definition) is 5. The molecule has 2 aliphatic rings. The van der Waals surface area contributed by atoms with Crippen molar-refractivity contribution in [2.24, 2.45) is 5.73 Å². The van der Waals surface area contributed by atoms with Gasteiger partial charge in [0, 0.05) is 32.5 Å². The van der Waals surface area contributed by atoms with Crippen LogP contribution in [-0.2, 0) is 27.3 Å². The second-order valence-electron chi connectivity index (χ2n) is 7.53. The van der Waals surface area contributed by atoms with Crippen molar-refractivity contribution >= 4 is 29.8 Å². The van der Waals surface area contributed by atoms with Gasteiger partial charge in [0.1, 0.15) is 12.1 Å². The number of carboxylic acids is 1. The molecule has 0 saturated carbocycles. The van der Waals surface area contributed by atoms with Gasteiger partial charge in [-0.25, -0.2) is 14.4 Å². The van der Waals surface area contributed by atoms with Crippen LogP contribution in [-0.4, -0.2) is 69.9 Å². The summed E-state index contributed by atoms with van der Waals surface area (Å²) in [4.78, 5) is 62.2. The van der Waals surface area contributed by atoms with Gasteiger partial charge in [0.2, 0.25) is 5.91 Å². The molecule has 3 rings (SSSR count). The summed E-state index contributed by atoms with van der Waals surface area (Å²) in [6.45, 7) is 0.405. The summed E-state index contributed by atoms with van der Waals surface area (Å²) >= 11 is 0. The van der Waals surface area contributed by atoms with E-state index in [-0.39, 0.29) is 31.8 Å². The van der Waals surface area contributed by atoms with E-state index in [1.807, 2.05) is 24.3 Å². The van der Waals surface area contributed by atoms with Crippen LogP contribution in [0, 0.1) is 0 Å². The summed E-state index contributed by atoms with van der Waals surface area (Å²) in [6, 6.07) is 4.76. The number of urea groups is 2. The predicted octanol–water partition coefficient (Wildman–Crippen LogP) is -0.216. The van der Waals surface area contributed by atoms with Crippen LogP contribution in [0.15, 0.2) is 24.3 Å². The topological polar surface area (TPSA) is 162 Å². The molecule has 2 heterocycles. The Labute approximate surface area is 178 Å². The number of imide groups is 1. The molecule has 2 aliphatic heterocycles. The van der Waals surface area contributed by atoms with Gasteiger partial charge in [-0.15, -0.1) is 0 Å². The van der Waals surface area contributed by atoms with Crippen LogP contribution in [0.3, 0.4) is 0 Å². The van der Waals surface area contributed by atoms with Crippen molar-refractivity contribution in [3.05, 3.63) is 35.4 Å². The van der Waals surface area contributed by atoms with Crippen LogP contribution in [0.25, 0.3) is 0 Å². The number of nitrogens with zero attached hydrogens (tertiary/aromatic N) is 2. The van der Waals surface area contributed by atoms with Crippen molar-refractivity contribution in [2.45, 2.75) is 44.3 Å². The number of rotatable bonds is 9. The molecule has 1 aromatic rings. The van der Waals surface area contributed by atoms with Gasteiger partial charge in [-0.2, -0.15) is 0 Å². The van der Waals surface area contributed by atoms with E-state index in [1.165, 1.54) is 4.90 Å². The van der Waals surface area contributed by atoms with Gasteiger partial charge in [0.05, 0.1) is 0 Å². The second kappa shape index (κ2) is 9.45. The molecule has 1 aromatic carbocycles. The normalized spacial score (nSPS) is 18.3. The van der Waals surface area contributed by atoms with Gasteiger partial charge < -0.3 is 26.4 Å². The van der Waals surface area contributed by atoms with Gasteiger partial charge in [-0.05, 0) is 24.0 Å². The standard InChI is InChI=1S/C20H25N5O6/c21-19(30)22-8-3-6-14(18(28)29)23-16(26)7-9-24-17(27)15-10-12-4-1-2-5-13(12)11-25(15)20(24)31/h1-2,4-5,14-15H,3,6-11H2,(H,23,26)(H,28,29)(H3,21,22,30). The molecular weight excluding hydrogens is 406 g/mol. The number of nitrogens with one attached hydrogen (secondary N) is 2. The molecule has 5 N–H and O–H groups in total. The lowest BCUT2D eigenvalue weighted by atomic mass is 9.95. The maximum absolute atomic E-state index is 12.7. The van der Waals surface area contributed by atoms with Crippen LogP contribution in [0.2, 0.25) is 0 Å². The first-order chi connectivity index (χ1) is 14.8. The highest BCUT2D eigenvalue weighted by molar-refractivity contribution is 6.05. The second-order valence-corrected chi connectivity index (χ2v) is 7.53. The average molecular weight is 431 g/mol. The molecule has 166 valence electrons. The maximum atomic E-state index is 12.7. The SMILES string of the molecule is NC(=O)NCCCC(NC(=O)CCN1C(=O)C2Cc3ccccc3CN2C1=O)C(=O)O. The van der Waals surface area contributed by atoms with Gasteiger partial charge in [0.25, 0.3) is 5.91 Å². The van der Waals surface area contributed by atoms with Crippen molar-refractivity contribution < 1.29 is 29.1 Å². The van der Waals surface area contributed by atoms with Crippen LogP contribution < -0.4 is 16.4 Å². The average Bonchev–Trinajstić information content (AvgIpc) is 2.96. The summed E-state index contributed by atoms with van der Waals surface area (Å²) in [5, 5.41) is 14.0. The third-order valence-electron chi connectivity index (χ3n) is 5.44. The molecule has 11 nitrogen and oxygen atoms in total. The molecule has 1 fully saturated rings. The zero-order valence-corrected chi connectivity index (χ0v) is 16.9. The molecule has 11 heteroatoms. The number of nitrogens with two attached hydrogens (primary N) is 1. The molecule has 0 spiro atoms. The lowest BCUT2D eigenvalue weighted by Gasteiger charge is -2.28. The van der Waals surface area contributed by atoms with Gasteiger partial charge >= 0.3 is 18.0 Å². The summed E-state index contributed by atoms with van der Waals surface area (Å²) in [5.41, 5.74) is 6.96. The van der Waals surface area contributed by atoms with E-state index in [2.05, 4.69) is 10.6 Å². The Morgan fingerprint density at radius 3 is 2.58 bits per heavy atom. The van der Waals surface area contributed by atoms with E-state index in [0.29, 0.717) is 19.4 Å². The fraction of sp³-hybridized carbons (Fsp3) is 0.450. The molecule has 0 bridgehead atoms. The molecule has 6 amide bonds. The monoisotopic (exact) mass is 431 g/mol. The smallest absolute Gasteiger partial charge is 0.327 e. The van der Waals surface area contributed by atoms with Crippen LogP contribution in [0.5, 0.6) is 0 Å². The quantitative estimate of drug-likeness (QED) is 0.312. The van der Waals surface area contributed by atoms with Gasteiger partial charge in [-0.3, -0.25) is 14.5 Å². The molecule has 0 radical (unpaired) electrons. The Kier molecular flexibility index (Phi) is 6.73. The lowest BCUT2D eigenvalue weighted by molar-refractivity contribution is -0.142. The number of amides is 6. The number of carbonyl (C=O) groups excluding carboxylic acids is 4. The minimum atomic E-state index is -1.21. The van der Waals surface area contributed by atoms with E-state index in [9.17, 15) is 29.1 Å². The molecule has 2 unspecified atom stereocenters. The van der Waals surface area contributed by atoms with E-state index in [4.69, 9.17) is 5.73 Å². The molecule has 1 saturated heterocycles. The molecule has 0 aliphatic carbocycles. The number of carbonyl (C=O) groups is 5. The first-order valence-electron chi connectivity index (χ1n) is 10.0. The number of aliphatic carboxylic acids is 1. The maximum Gasteiger partial charge on any atom is 0.327 e. The van der Waals surface area contributed by atoms with Gasteiger partial charge in [-0.1, -0.05) is 24.3 Å². The summed E-state index contributed by atoms with van der Waals surface area (Å²) in [5.74, 6) is -2.14. The number of hydrogen-bond donors (Lipinski definition) is 4. The van der Waals surface area contributed by atoms with E-state index >= 15 is 0 Å². The molecule has 0 aromatic heterocycles. The Bertz CT molecular complexity index is 861. The molecular formula is C20H25N5O6. The summed E-state index contributed by atoms with van der Waals surface area (Å²) < 4.78 is 0. The highest BCUT2D eigenvalue weighted by Crippen LogP contribution is 2.29. The molecule has 31 heavy (non-hydrogen) atoms. The van der Waals surface area contributed by atoms with Gasteiger partial charge in [0.15, 0.2) is 0 Å². The first kappa shape index (κ1) is 22.1. The fourth-order valence-corrected chi connectivity index (χ4v) is 3.83. The van der Waals surface area contributed by atoms with Crippen molar-refractivity contribution in [1.29, 1.82) is 0 Å². The highest BCUT2D eigenvalue weighted by atomic mass is 16.4. The van der Waals surface area contributed by atoms with Crippen molar-refractivity contribution in [2.75, 3.05) is 13.1 Å². The minimum Gasteiger partial charge on any atom is -0.480 e. The fourth-order valence-electron chi connectivity index (χ4n) is 3.83. The number of primary amides is 1. The third kappa shape index (κ3) is 5.11. The van der Waals surface area contributed by atoms with E-state index in [0.717, 1.165) is 16.0 Å². The Balaban J connectivity index is 1.52.